The van der Waals surface area contributed by atoms with Crippen LogP contribution in [-0.4, -0.2) is 22.0 Å². The first-order valence-electron chi connectivity index (χ1n) is 6.09. The first-order chi connectivity index (χ1) is 9.58. The number of aryl methyl sites for hydroxylation is 1. The minimum absolute atomic E-state index is 0.201. The lowest BCUT2D eigenvalue weighted by Gasteiger charge is -2.14. The number of carbonyl (C=O) groups is 2. The summed E-state index contributed by atoms with van der Waals surface area (Å²) >= 11 is 0. The predicted molar refractivity (Wildman–Crippen MR) is 73.3 cm³/mol. The third kappa shape index (κ3) is 3.20. The molecular weight excluding hydrogens is 256 g/mol. The molecule has 0 spiro atoms. The smallest absolute Gasteiger partial charge is 0.330 e. The van der Waals surface area contributed by atoms with E-state index in [1.165, 1.54) is 6.20 Å². The molecule has 0 aliphatic carbocycles. The van der Waals surface area contributed by atoms with Gasteiger partial charge in [0.1, 0.15) is 5.69 Å². The molecule has 20 heavy (non-hydrogen) atoms. The van der Waals surface area contributed by atoms with Crippen LogP contribution < -0.4 is 5.32 Å². The minimum atomic E-state index is -1.11. The lowest BCUT2D eigenvalue weighted by atomic mass is 10.1. The second-order valence-electron chi connectivity index (χ2n) is 4.37. The van der Waals surface area contributed by atoms with Crippen LogP contribution in [0.15, 0.2) is 48.7 Å². The number of pyridine rings is 1. The van der Waals surface area contributed by atoms with Crippen LogP contribution in [0.4, 0.5) is 0 Å². The molecule has 0 aliphatic heterocycles. The molecule has 5 heteroatoms. The Labute approximate surface area is 116 Å². The molecule has 1 aromatic heterocycles. The summed E-state index contributed by atoms with van der Waals surface area (Å²) in [7, 11) is 0. The number of nitrogens with one attached hydrogen (secondary N) is 1. The number of hydrogen-bond donors (Lipinski definition) is 2. The highest BCUT2D eigenvalue weighted by molar-refractivity contribution is 5.95. The quantitative estimate of drug-likeness (QED) is 0.890. The first kappa shape index (κ1) is 13.7. The van der Waals surface area contributed by atoms with Gasteiger partial charge in [-0.2, -0.15) is 0 Å². The SMILES string of the molecule is Cc1ccnc(C(=O)NC(C(=O)O)c2ccccc2)c1. The number of hydrogen-bond acceptors (Lipinski definition) is 3. The number of amides is 1. The van der Waals surface area contributed by atoms with Crippen molar-refractivity contribution in [2.75, 3.05) is 0 Å². The summed E-state index contributed by atoms with van der Waals surface area (Å²) in [5.74, 6) is -1.62. The van der Waals surface area contributed by atoms with E-state index >= 15 is 0 Å². The van der Waals surface area contributed by atoms with Gasteiger partial charge in [0, 0.05) is 6.20 Å². The van der Waals surface area contributed by atoms with Crippen molar-refractivity contribution in [3.05, 3.63) is 65.5 Å². The number of rotatable bonds is 4. The maximum absolute atomic E-state index is 12.0. The number of carboxylic acid groups (broad SMARTS) is 1. The van der Waals surface area contributed by atoms with Crippen LogP contribution in [0, 0.1) is 6.92 Å². The Morgan fingerprint density at radius 3 is 2.50 bits per heavy atom. The predicted octanol–water partition coefficient (Wildman–Crippen LogP) is 1.95. The molecule has 1 atom stereocenters. The van der Waals surface area contributed by atoms with E-state index in [2.05, 4.69) is 10.3 Å². The van der Waals surface area contributed by atoms with E-state index in [1.54, 1.807) is 42.5 Å². The van der Waals surface area contributed by atoms with Gasteiger partial charge in [0.25, 0.3) is 5.91 Å². The van der Waals surface area contributed by atoms with Gasteiger partial charge in [0.05, 0.1) is 0 Å². The second kappa shape index (κ2) is 5.97. The summed E-state index contributed by atoms with van der Waals surface area (Å²) in [6.45, 7) is 1.84. The number of carboxylic acids is 1. The van der Waals surface area contributed by atoms with Crippen molar-refractivity contribution in [2.45, 2.75) is 13.0 Å². The summed E-state index contributed by atoms with van der Waals surface area (Å²) in [6, 6.07) is 10.8. The van der Waals surface area contributed by atoms with E-state index < -0.39 is 17.9 Å². The van der Waals surface area contributed by atoms with Gasteiger partial charge in [0.2, 0.25) is 0 Å². The first-order valence-corrected chi connectivity index (χ1v) is 6.09. The Bertz CT molecular complexity index is 626. The Morgan fingerprint density at radius 2 is 1.90 bits per heavy atom. The van der Waals surface area contributed by atoms with Gasteiger partial charge >= 0.3 is 5.97 Å². The lowest BCUT2D eigenvalue weighted by Crippen LogP contribution is -2.34. The summed E-state index contributed by atoms with van der Waals surface area (Å²) in [6.07, 6.45) is 1.52. The minimum Gasteiger partial charge on any atom is -0.479 e. The fraction of sp³-hybridized carbons (Fsp3) is 0.133. The zero-order valence-corrected chi connectivity index (χ0v) is 10.9. The monoisotopic (exact) mass is 270 g/mol. The highest BCUT2D eigenvalue weighted by atomic mass is 16.4. The van der Waals surface area contributed by atoms with Crippen molar-refractivity contribution in [2.24, 2.45) is 0 Å². The number of aromatic nitrogens is 1. The summed E-state index contributed by atoms with van der Waals surface area (Å²) in [5.41, 5.74) is 1.60. The van der Waals surface area contributed by atoms with Gasteiger partial charge < -0.3 is 10.4 Å². The van der Waals surface area contributed by atoms with Crippen molar-refractivity contribution >= 4 is 11.9 Å². The molecule has 5 nitrogen and oxygen atoms in total. The van der Waals surface area contributed by atoms with Gasteiger partial charge in [-0.3, -0.25) is 9.78 Å². The van der Waals surface area contributed by atoms with Crippen LogP contribution in [0.5, 0.6) is 0 Å². The van der Waals surface area contributed by atoms with Crippen LogP contribution in [0.25, 0.3) is 0 Å². The fourth-order valence-corrected chi connectivity index (χ4v) is 1.80. The highest BCUT2D eigenvalue weighted by Crippen LogP contribution is 2.13. The maximum atomic E-state index is 12.0. The van der Waals surface area contributed by atoms with Crippen molar-refractivity contribution in [3.63, 3.8) is 0 Å². The summed E-state index contributed by atoms with van der Waals surface area (Å²) in [4.78, 5) is 27.3. The molecule has 1 heterocycles. The van der Waals surface area contributed by atoms with Crippen molar-refractivity contribution in [1.29, 1.82) is 0 Å². The Hall–Kier alpha value is -2.69. The third-order valence-corrected chi connectivity index (χ3v) is 2.80. The van der Waals surface area contributed by atoms with Crippen LogP contribution >= 0.6 is 0 Å². The number of nitrogens with zero attached hydrogens (tertiary/aromatic N) is 1. The number of benzene rings is 1. The Kier molecular flexibility index (Phi) is 4.10. The standard InChI is InChI=1S/C15H14N2O3/c1-10-7-8-16-12(9-10)14(18)17-13(15(19)20)11-5-3-2-4-6-11/h2-9,13H,1H3,(H,17,18)(H,19,20). The molecule has 1 aromatic carbocycles. The van der Waals surface area contributed by atoms with Crippen molar-refractivity contribution < 1.29 is 14.7 Å². The van der Waals surface area contributed by atoms with Crippen LogP contribution in [0.3, 0.4) is 0 Å². The molecule has 0 saturated heterocycles. The lowest BCUT2D eigenvalue weighted by molar-refractivity contribution is -0.139. The van der Waals surface area contributed by atoms with Gasteiger partial charge in [-0.25, -0.2) is 4.79 Å². The molecule has 0 saturated carbocycles. The molecule has 0 aliphatic rings. The second-order valence-corrected chi connectivity index (χ2v) is 4.37. The highest BCUT2D eigenvalue weighted by Gasteiger charge is 2.22. The Balaban J connectivity index is 2.21. The maximum Gasteiger partial charge on any atom is 0.330 e. The van der Waals surface area contributed by atoms with E-state index in [1.807, 2.05) is 6.92 Å². The zero-order valence-electron chi connectivity index (χ0n) is 10.9. The topological polar surface area (TPSA) is 79.3 Å². The van der Waals surface area contributed by atoms with E-state index in [9.17, 15) is 14.7 Å². The van der Waals surface area contributed by atoms with Crippen LogP contribution in [-0.2, 0) is 4.79 Å². The van der Waals surface area contributed by atoms with E-state index in [0.717, 1.165) is 5.56 Å². The molecule has 2 rings (SSSR count). The van der Waals surface area contributed by atoms with E-state index in [-0.39, 0.29) is 5.69 Å². The molecule has 1 unspecified atom stereocenters. The molecule has 1 amide bonds. The average molecular weight is 270 g/mol. The normalized spacial score (nSPS) is 11.7. The fourth-order valence-electron chi connectivity index (χ4n) is 1.80. The number of aliphatic carboxylic acids is 1. The van der Waals surface area contributed by atoms with Crippen molar-refractivity contribution in [3.8, 4) is 0 Å². The zero-order chi connectivity index (χ0) is 14.5. The van der Waals surface area contributed by atoms with Crippen LogP contribution in [0.1, 0.15) is 27.7 Å². The molecule has 0 bridgehead atoms. The molecular formula is C15H14N2O3. The summed E-state index contributed by atoms with van der Waals surface area (Å²) < 4.78 is 0. The molecule has 2 aromatic rings. The van der Waals surface area contributed by atoms with Gasteiger partial charge in [0.15, 0.2) is 6.04 Å². The van der Waals surface area contributed by atoms with E-state index in [4.69, 9.17) is 0 Å². The Morgan fingerprint density at radius 1 is 1.20 bits per heavy atom. The molecule has 0 radical (unpaired) electrons. The van der Waals surface area contributed by atoms with Crippen molar-refractivity contribution in [1.82, 2.24) is 10.3 Å². The van der Waals surface area contributed by atoms with Gasteiger partial charge in [-0.05, 0) is 30.2 Å². The van der Waals surface area contributed by atoms with Gasteiger partial charge in [-0.15, -0.1) is 0 Å². The van der Waals surface area contributed by atoms with Crippen LogP contribution in [0.2, 0.25) is 0 Å². The van der Waals surface area contributed by atoms with Gasteiger partial charge in [-0.1, -0.05) is 30.3 Å². The molecule has 2 N–H and O–H groups in total. The average Bonchev–Trinajstić information content (AvgIpc) is 2.45. The third-order valence-electron chi connectivity index (χ3n) is 2.80. The van der Waals surface area contributed by atoms with E-state index in [0.29, 0.717) is 5.56 Å². The largest absolute Gasteiger partial charge is 0.479 e. The summed E-state index contributed by atoms with van der Waals surface area (Å²) in [5, 5.41) is 11.7. The molecule has 0 fully saturated rings. The molecule has 102 valence electrons. The number of carbonyl (C=O) groups excluding carboxylic acids is 1.